The molecule has 5 N–H and O–H groups in total. The highest BCUT2D eigenvalue weighted by atomic mass is 35.5. The van der Waals surface area contributed by atoms with Crippen molar-refractivity contribution in [2.75, 3.05) is 24.2 Å². The lowest BCUT2D eigenvalue weighted by Crippen LogP contribution is -2.48. The first-order chi connectivity index (χ1) is 24.0. The van der Waals surface area contributed by atoms with Gasteiger partial charge in [0.15, 0.2) is 5.82 Å². The number of aryl methyl sites for hydroxylation is 1. The monoisotopic (exact) mass is 820 g/mol. The molecule has 1 aliphatic heterocycles. The number of hydrogen-bond acceptors (Lipinski definition) is 10. The quantitative estimate of drug-likeness (QED) is 0.106. The summed E-state index contributed by atoms with van der Waals surface area (Å²) in [6.45, 7) is 2.68. The van der Waals surface area contributed by atoms with Gasteiger partial charge in [0.05, 0.1) is 30.7 Å². The molecule has 2 heterocycles. The lowest BCUT2D eigenvalue weighted by molar-refractivity contribution is -0.142. The van der Waals surface area contributed by atoms with E-state index in [1.165, 1.54) is 6.92 Å². The lowest BCUT2D eigenvalue weighted by atomic mass is 10.1. The lowest BCUT2D eigenvalue weighted by Gasteiger charge is -2.31. The van der Waals surface area contributed by atoms with Crippen LogP contribution in [-0.4, -0.2) is 90.7 Å². The maximum atomic E-state index is 14.2. The molecule has 3 aromatic rings. The van der Waals surface area contributed by atoms with Gasteiger partial charge in [-0.25, -0.2) is 18.1 Å². The van der Waals surface area contributed by atoms with Crippen LogP contribution in [0.4, 0.5) is 18.9 Å². The standard InChI is InChI=1S/C15H14Cl2F3N3O3.C10H12N2O3S.C3H8NO5P/c1-3-26-13(24)10(17)4-8-5-12(11(18)6-9(8)16)23-15(25)22(14(19)20)7(2)21-23;1-7(2)12-10(13)8-5-3-4-6-9(8)11-16(12,14)15;5-3(6)1-4-2-10(7,8)9/h5-6,10,14H,3-4H2,1-2H3;3-7,11H,1-2H3;4H,1-2H2,(H,5,6)(H2,7,8,9). The Morgan fingerprint density at radius 2 is 1.77 bits per heavy atom. The van der Waals surface area contributed by atoms with Crippen LogP contribution in [0.15, 0.2) is 41.2 Å². The molecule has 1 aromatic heterocycles. The zero-order valence-corrected chi connectivity index (χ0v) is 30.9. The van der Waals surface area contributed by atoms with Crippen LogP contribution in [-0.2, 0) is 35.5 Å². The molecule has 4 rings (SSSR count). The predicted octanol–water partition coefficient (Wildman–Crippen LogP) is 3.25. The van der Waals surface area contributed by atoms with Crippen molar-refractivity contribution in [2.24, 2.45) is 0 Å². The van der Waals surface area contributed by atoms with Gasteiger partial charge in [0, 0.05) is 17.5 Å². The number of carboxylic acid groups (broad SMARTS) is 1. The van der Waals surface area contributed by atoms with Gasteiger partial charge in [0.25, 0.3) is 5.91 Å². The molecule has 24 heteroatoms. The topological polar surface area (TPSA) is 239 Å². The minimum Gasteiger partial charge on any atom is -0.480 e. The molecule has 1 atom stereocenters. The number of anilines is 1. The smallest absolute Gasteiger partial charge is 0.355 e. The van der Waals surface area contributed by atoms with E-state index in [0.717, 1.165) is 16.4 Å². The van der Waals surface area contributed by atoms with Gasteiger partial charge in [0.1, 0.15) is 16.9 Å². The van der Waals surface area contributed by atoms with Crippen molar-refractivity contribution in [3.8, 4) is 5.69 Å². The molecule has 0 saturated carbocycles. The van der Waals surface area contributed by atoms with E-state index < -0.39 is 78.0 Å². The fraction of sp³-hybridized carbons (Fsp3) is 0.393. The second kappa shape index (κ2) is 18.7. The number of aromatic nitrogens is 3. The van der Waals surface area contributed by atoms with Gasteiger partial charge in [-0.2, -0.15) is 21.9 Å². The van der Waals surface area contributed by atoms with E-state index in [0.29, 0.717) is 15.9 Å². The average Bonchev–Trinajstić information content (AvgIpc) is 3.30. The van der Waals surface area contributed by atoms with E-state index in [1.54, 1.807) is 45.0 Å². The number of para-hydroxylation sites is 1. The highest BCUT2D eigenvalue weighted by Crippen LogP contribution is 2.32. The molecule has 2 aromatic carbocycles. The summed E-state index contributed by atoms with van der Waals surface area (Å²) >= 11 is 11.9. The third-order valence-corrected chi connectivity index (χ3v) is 9.28. The number of rotatable bonds is 11. The van der Waals surface area contributed by atoms with Crippen molar-refractivity contribution in [3.05, 3.63) is 74.7 Å². The fourth-order valence-corrected chi connectivity index (χ4v) is 6.55. The number of nitrogens with zero attached hydrogens (tertiary/aromatic N) is 4. The van der Waals surface area contributed by atoms with E-state index in [2.05, 4.69) is 15.1 Å². The van der Waals surface area contributed by atoms with Crippen LogP contribution >= 0.6 is 30.8 Å². The summed E-state index contributed by atoms with van der Waals surface area (Å²) in [5, 5.41) is 12.6. The van der Waals surface area contributed by atoms with E-state index >= 15 is 0 Å². The Labute approximate surface area is 304 Å². The number of nitrogens with one attached hydrogen (secondary N) is 2. The van der Waals surface area contributed by atoms with Crippen LogP contribution in [0.1, 0.15) is 49.1 Å². The number of carbonyl (C=O) groups excluding carboxylic acids is 2. The third kappa shape index (κ3) is 12.0. The maximum Gasteiger partial charge on any atom is 0.355 e. The van der Waals surface area contributed by atoms with E-state index in [1.807, 2.05) is 0 Å². The van der Waals surface area contributed by atoms with E-state index in [4.69, 9.17) is 42.8 Å². The zero-order chi connectivity index (χ0) is 39.7. The number of halogens is 5. The van der Waals surface area contributed by atoms with Crippen molar-refractivity contribution < 1.29 is 60.2 Å². The average molecular weight is 822 g/mol. The summed E-state index contributed by atoms with van der Waals surface area (Å²) in [6.07, 6.45) is -0.713. The van der Waals surface area contributed by atoms with Gasteiger partial charge in [-0.1, -0.05) is 23.7 Å². The summed E-state index contributed by atoms with van der Waals surface area (Å²) in [7, 11) is -7.85. The summed E-state index contributed by atoms with van der Waals surface area (Å²) in [5.41, 5.74) is -0.648. The molecule has 1 unspecified atom stereocenters. The highest BCUT2D eigenvalue weighted by molar-refractivity contribution is 7.91. The Morgan fingerprint density at radius 1 is 1.15 bits per heavy atom. The molecule has 1 amide bonds. The van der Waals surface area contributed by atoms with Gasteiger partial charge in [0.2, 0.25) is 0 Å². The first kappa shape index (κ1) is 44.2. The molecule has 0 radical (unpaired) electrons. The Bertz CT molecular complexity index is 1990. The van der Waals surface area contributed by atoms with Crippen LogP contribution in [0.2, 0.25) is 5.02 Å². The van der Waals surface area contributed by atoms with Crippen LogP contribution in [0, 0.1) is 12.7 Å². The van der Waals surface area contributed by atoms with Crippen LogP contribution in [0.5, 0.6) is 0 Å². The number of esters is 1. The predicted molar refractivity (Wildman–Crippen MR) is 182 cm³/mol. The first-order valence-corrected chi connectivity index (χ1v) is 18.7. The molecule has 288 valence electrons. The minimum absolute atomic E-state index is 0.0424. The molecule has 1 aliphatic rings. The molecule has 17 nitrogen and oxygen atoms in total. The summed E-state index contributed by atoms with van der Waals surface area (Å²) in [5.74, 6) is -3.55. The number of benzene rings is 2. The highest BCUT2D eigenvalue weighted by Gasteiger charge is 2.37. The molecule has 0 bridgehead atoms. The van der Waals surface area contributed by atoms with Crippen LogP contribution in [0.3, 0.4) is 0 Å². The molecular weight excluding hydrogens is 787 g/mol. The van der Waals surface area contributed by atoms with E-state index in [-0.39, 0.29) is 39.7 Å². The van der Waals surface area contributed by atoms with Crippen molar-refractivity contribution in [3.63, 3.8) is 0 Å². The number of alkyl halides is 3. The van der Waals surface area contributed by atoms with Crippen LogP contribution < -0.4 is 15.7 Å². The van der Waals surface area contributed by atoms with Gasteiger partial charge in [-0.05, 0) is 57.5 Å². The van der Waals surface area contributed by atoms with Gasteiger partial charge < -0.3 is 19.6 Å². The Morgan fingerprint density at radius 3 is 2.29 bits per heavy atom. The summed E-state index contributed by atoms with van der Waals surface area (Å²) in [4.78, 5) is 61.8. The number of ether oxygens (including phenoxy) is 1. The third-order valence-electron chi connectivity index (χ3n) is 6.38. The zero-order valence-electron chi connectivity index (χ0n) is 27.7. The Balaban J connectivity index is 0.000000305. The van der Waals surface area contributed by atoms with E-state index in [9.17, 15) is 45.3 Å². The second-order valence-electron chi connectivity index (χ2n) is 10.7. The van der Waals surface area contributed by atoms with Crippen molar-refractivity contribution in [1.82, 2.24) is 24.0 Å². The van der Waals surface area contributed by atoms with Gasteiger partial charge in [-0.15, -0.1) is 16.7 Å². The first-order valence-electron chi connectivity index (χ1n) is 14.7. The molecule has 0 saturated heterocycles. The number of carbonyl (C=O) groups is 3. The maximum absolute atomic E-state index is 14.2. The molecular formula is C28H34Cl2F3N6O11PS. The largest absolute Gasteiger partial charge is 0.480 e. The number of fused-ring (bicyclic) bond motifs is 1. The van der Waals surface area contributed by atoms with Crippen molar-refractivity contribution in [1.29, 1.82) is 0 Å². The summed E-state index contributed by atoms with van der Waals surface area (Å²) in [6, 6.07) is 8.18. The normalized spacial score (nSPS) is 14.0. The second-order valence-corrected chi connectivity index (χ2v) is 14.8. The van der Waals surface area contributed by atoms with Gasteiger partial charge in [-0.3, -0.25) is 29.0 Å². The number of aliphatic carboxylic acids is 1. The minimum atomic E-state index is -4.10. The number of amides is 1. The van der Waals surface area contributed by atoms with Gasteiger partial charge >= 0.3 is 42.0 Å². The Hall–Kier alpha value is -3.98. The summed E-state index contributed by atoms with van der Waals surface area (Å²) < 4.78 is 82.4. The molecule has 0 fully saturated rings. The number of hydrogen-bond donors (Lipinski definition) is 5. The molecule has 0 spiro atoms. The van der Waals surface area contributed by atoms with Crippen LogP contribution in [0.25, 0.3) is 5.69 Å². The SMILES string of the molecule is CC(C)N1C(=O)c2ccccc2NS1(=O)=O.CCOC(=O)C(Cl)Cc1cc(-n2nc(C)n(C(F)F)c2=O)c(F)cc1Cl.O=C(O)CNCP(=O)(O)O. The Kier molecular flexibility index (Phi) is 15.9. The molecule has 52 heavy (non-hydrogen) atoms. The van der Waals surface area contributed by atoms with Crippen molar-refractivity contribution in [2.45, 2.75) is 52.1 Å². The molecule has 0 aliphatic carbocycles. The number of carboxylic acids is 1. The fourth-order valence-electron chi connectivity index (χ4n) is 4.26. The van der Waals surface area contributed by atoms with Crippen molar-refractivity contribution >= 4 is 64.5 Å².